The average Bonchev–Trinajstić information content (AvgIpc) is 3.20. The number of fused-ring (bicyclic) bond motifs is 1. The summed E-state index contributed by atoms with van der Waals surface area (Å²) in [5.74, 6) is 0.615. The molecule has 0 aliphatic heterocycles. The number of nitrogens with one attached hydrogen (secondary N) is 1. The maximum atomic E-state index is 4.54. The first kappa shape index (κ1) is 19.8. The van der Waals surface area contributed by atoms with E-state index in [-0.39, 0.29) is 0 Å². The van der Waals surface area contributed by atoms with Crippen molar-refractivity contribution in [2.24, 2.45) is 0 Å². The molecule has 7 heteroatoms. The van der Waals surface area contributed by atoms with E-state index >= 15 is 0 Å². The van der Waals surface area contributed by atoms with Crippen molar-refractivity contribution in [1.82, 2.24) is 29.8 Å². The Hall–Kier alpha value is -4.13. The molecule has 0 saturated carbocycles. The Balaban J connectivity index is 1.34. The van der Waals surface area contributed by atoms with Crippen LogP contribution < -0.4 is 5.32 Å². The molecule has 0 atom stereocenters. The van der Waals surface area contributed by atoms with Crippen LogP contribution in [0.1, 0.15) is 22.5 Å². The molecule has 0 radical (unpaired) electrons. The van der Waals surface area contributed by atoms with Gasteiger partial charge >= 0.3 is 0 Å². The number of hydrogen-bond donors (Lipinski definition) is 1. The van der Waals surface area contributed by atoms with Crippen LogP contribution in [0.25, 0.3) is 27.9 Å². The summed E-state index contributed by atoms with van der Waals surface area (Å²) in [6.07, 6.45) is 5.48. The first-order valence-corrected chi connectivity index (χ1v) is 10.5. The Bertz CT molecular complexity index is 1420. The van der Waals surface area contributed by atoms with Crippen LogP contribution in [-0.2, 0) is 6.54 Å². The standard InChI is InChI=1S/C25H23N7/c1-16-10-19(4-5-23(16)21-7-9-27-18(3)12-21)14-28-25-31-30-24-13-22(15-29-32(24)25)20-6-8-26-17(2)11-20/h4-13,15H,14H2,1-3H3,(H,28,31). The minimum absolute atomic E-state index is 0.615. The SMILES string of the molecule is Cc1cc(-c2cnn3c(NCc4ccc(-c5ccnc(C)c5)c(C)c4)nnc3c2)ccn1. The van der Waals surface area contributed by atoms with Gasteiger partial charge in [0.2, 0.25) is 5.95 Å². The van der Waals surface area contributed by atoms with Gasteiger partial charge < -0.3 is 5.32 Å². The van der Waals surface area contributed by atoms with E-state index in [0.717, 1.165) is 28.1 Å². The molecule has 0 fully saturated rings. The number of benzene rings is 1. The molecule has 5 aromatic rings. The van der Waals surface area contributed by atoms with Gasteiger partial charge in [-0.15, -0.1) is 10.2 Å². The van der Waals surface area contributed by atoms with Crippen LogP contribution in [0.2, 0.25) is 0 Å². The Morgan fingerprint density at radius 2 is 1.53 bits per heavy atom. The summed E-state index contributed by atoms with van der Waals surface area (Å²) >= 11 is 0. The van der Waals surface area contributed by atoms with Gasteiger partial charge in [0.25, 0.3) is 0 Å². The van der Waals surface area contributed by atoms with Crippen LogP contribution in [0.5, 0.6) is 0 Å². The van der Waals surface area contributed by atoms with Gasteiger partial charge in [0.1, 0.15) is 0 Å². The molecule has 5 rings (SSSR count). The average molecular weight is 422 g/mol. The van der Waals surface area contributed by atoms with E-state index in [1.54, 1.807) is 10.7 Å². The molecule has 7 nitrogen and oxygen atoms in total. The van der Waals surface area contributed by atoms with Gasteiger partial charge in [0.05, 0.1) is 6.20 Å². The predicted octanol–water partition coefficient (Wildman–Crippen LogP) is 4.79. The smallest absolute Gasteiger partial charge is 0.246 e. The third-order valence-electron chi connectivity index (χ3n) is 5.44. The number of pyridine rings is 2. The normalized spacial score (nSPS) is 11.1. The molecule has 1 N–H and O–H groups in total. The van der Waals surface area contributed by atoms with Gasteiger partial charge in [-0.1, -0.05) is 18.2 Å². The summed E-state index contributed by atoms with van der Waals surface area (Å²) in [6, 6.07) is 16.6. The maximum Gasteiger partial charge on any atom is 0.246 e. The van der Waals surface area contributed by atoms with Crippen molar-refractivity contribution in [2.75, 3.05) is 5.32 Å². The molecular weight excluding hydrogens is 398 g/mol. The van der Waals surface area contributed by atoms with Gasteiger partial charge in [0.15, 0.2) is 5.65 Å². The van der Waals surface area contributed by atoms with E-state index < -0.39 is 0 Å². The molecule has 1 aromatic carbocycles. The molecular formula is C25H23N7. The molecule has 0 unspecified atom stereocenters. The van der Waals surface area contributed by atoms with Crippen molar-refractivity contribution >= 4 is 11.6 Å². The summed E-state index contributed by atoms with van der Waals surface area (Å²) in [5, 5.41) is 16.5. The number of nitrogens with zero attached hydrogens (tertiary/aromatic N) is 6. The fourth-order valence-corrected chi connectivity index (χ4v) is 3.84. The second-order valence-electron chi connectivity index (χ2n) is 7.91. The predicted molar refractivity (Wildman–Crippen MR) is 125 cm³/mol. The maximum absolute atomic E-state index is 4.54. The molecule has 0 spiro atoms. The van der Waals surface area contributed by atoms with E-state index in [0.29, 0.717) is 18.1 Å². The first-order valence-electron chi connectivity index (χ1n) is 10.5. The highest BCUT2D eigenvalue weighted by molar-refractivity contribution is 5.68. The summed E-state index contributed by atoms with van der Waals surface area (Å²) in [7, 11) is 0. The topological polar surface area (TPSA) is 80.9 Å². The molecule has 4 heterocycles. The lowest BCUT2D eigenvalue weighted by Gasteiger charge is -2.10. The molecule has 0 aliphatic carbocycles. The summed E-state index contributed by atoms with van der Waals surface area (Å²) in [4.78, 5) is 8.54. The highest BCUT2D eigenvalue weighted by atomic mass is 15.4. The monoisotopic (exact) mass is 421 g/mol. The van der Waals surface area contributed by atoms with Gasteiger partial charge in [-0.05, 0) is 78.9 Å². The molecule has 0 amide bonds. The zero-order valence-corrected chi connectivity index (χ0v) is 18.2. The van der Waals surface area contributed by atoms with Gasteiger partial charge in [-0.3, -0.25) is 9.97 Å². The summed E-state index contributed by atoms with van der Waals surface area (Å²) in [6.45, 7) is 6.74. The summed E-state index contributed by atoms with van der Waals surface area (Å²) in [5.41, 5.74) is 9.50. The number of hydrogen-bond acceptors (Lipinski definition) is 6. The van der Waals surface area contributed by atoms with Crippen LogP contribution in [0.3, 0.4) is 0 Å². The van der Waals surface area contributed by atoms with Crippen LogP contribution >= 0.6 is 0 Å². The summed E-state index contributed by atoms with van der Waals surface area (Å²) < 4.78 is 1.72. The van der Waals surface area contributed by atoms with Crippen molar-refractivity contribution in [3.8, 4) is 22.3 Å². The first-order chi connectivity index (χ1) is 15.6. The Labute approximate surface area is 186 Å². The van der Waals surface area contributed by atoms with Crippen molar-refractivity contribution in [3.63, 3.8) is 0 Å². The zero-order valence-electron chi connectivity index (χ0n) is 18.2. The highest BCUT2D eigenvalue weighted by Crippen LogP contribution is 2.25. The van der Waals surface area contributed by atoms with Crippen LogP contribution in [0, 0.1) is 20.8 Å². The number of anilines is 1. The lowest BCUT2D eigenvalue weighted by molar-refractivity contribution is 0.913. The minimum atomic E-state index is 0.615. The van der Waals surface area contributed by atoms with Crippen LogP contribution in [0.4, 0.5) is 5.95 Å². The molecule has 0 bridgehead atoms. The second kappa shape index (κ2) is 8.19. The Kier molecular flexibility index (Phi) is 5.07. The third-order valence-corrected chi connectivity index (χ3v) is 5.44. The minimum Gasteiger partial charge on any atom is -0.349 e. The van der Waals surface area contributed by atoms with E-state index in [1.165, 1.54) is 16.7 Å². The van der Waals surface area contributed by atoms with Gasteiger partial charge in [-0.2, -0.15) is 9.61 Å². The zero-order chi connectivity index (χ0) is 22.1. The van der Waals surface area contributed by atoms with Gasteiger partial charge in [0, 0.05) is 35.9 Å². The largest absolute Gasteiger partial charge is 0.349 e. The van der Waals surface area contributed by atoms with E-state index in [9.17, 15) is 0 Å². The van der Waals surface area contributed by atoms with Crippen molar-refractivity contribution in [1.29, 1.82) is 0 Å². The number of aromatic nitrogens is 6. The highest BCUT2D eigenvalue weighted by Gasteiger charge is 2.10. The lowest BCUT2D eigenvalue weighted by Crippen LogP contribution is -2.05. The van der Waals surface area contributed by atoms with Gasteiger partial charge in [-0.25, -0.2) is 0 Å². The van der Waals surface area contributed by atoms with Crippen LogP contribution in [-0.4, -0.2) is 29.8 Å². The number of aryl methyl sites for hydroxylation is 3. The second-order valence-corrected chi connectivity index (χ2v) is 7.91. The molecule has 32 heavy (non-hydrogen) atoms. The van der Waals surface area contributed by atoms with Crippen LogP contribution in [0.15, 0.2) is 67.1 Å². The fraction of sp³-hybridized carbons (Fsp3) is 0.160. The molecule has 158 valence electrons. The molecule has 4 aromatic heterocycles. The Morgan fingerprint density at radius 1 is 0.781 bits per heavy atom. The third kappa shape index (κ3) is 3.92. The number of rotatable bonds is 5. The van der Waals surface area contributed by atoms with Crippen molar-refractivity contribution < 1.29 is 0 Å². The van der Waals surface area contributed by atoms with Crippen molar-refractivity contribution in [3.05, 3.63) is 89.6 Å². The van der Waals surface area contributed by atoms with Crippen molar-refractivity contribution in [2.45, 2.75) is 27.3 Å². The molecule has 0 aliphatic rings. The quantitative estimate of drug-likeness (QED) is 0.440. The van der Waals surface area contributed by atoms with E-state index in [2.05, 4.69) is 61.8 Å². The molecule has 0 saturated heterocycles. The van der Waals surface area contributed by atoms with E-state index in [4.69, 9.17) is 0 Å². The van der Waals surface area contributed by atoms with E-state index in [1.807, 2.05) is 50.5 Å². The fourth-order valence-electron chi connectivity index (χ4n) is 3.84. The Morgan fingerprint density at radius 3 is 2.28 bits per heavy atom. The lowest BCUT2D eigenvalue weighted by atomic mass is 9.99.